The van der Waals surface area contributed by atoms with Crippen molar-refractivity contribution < 1.29 is 14.3 Å². The summed E-state index contributed by atoms with van der Waals surface area (Å²) in [6.07, 6.45) is 2.11. The molecule has 0 bridgehead atoms. The minimum absolute atomic E-state index is 0.0104. The van der Waals surface area contributed by atoms with Crippen LogP contribution >= 0.6 is 11.3 Å². The number of rotatable bonds is 3. The Morgan fingerprint density at radius 2 is 2.00 bits per heavy atom. The van der Waals surface area contributed by atoms with Gasteiger partial charge in [0.05, 0.1) is 12.2 Å². The molecule has 1 saturated heterocycles. The van der Waals surface area contributed by atoms with Gasteiger partial charge in [0.15, 0.2) is 6.61 Å². The van der Waals surface area contributed by atoms with E-state index in [2.05, 4.69) is 25.8 Å². The molecule has 0 unspecified atom stereocenters. The van der Waals surface area contributed by atoms with Crippen molar-refractivity contribution in [2.45, 2.75) is 45.6 Å². The maximum Gasteiger partial charge on any atom is 0.273 e. The van der Waals surface area contributed by atoms with Crippen LogP contribution in [0.5, 0.6) is 5.75 Å². The molecule has 148 valence electrons. The van der Waals surface area contributed by atoms with Crippen LogP contribution in [0.4, 0.5) is 5.69 Å². The number of thiazole rings is 1. The monoisotopic (exact) mass is 399 g/mol. The summed E-state index contributed by atoms with van der Waals surface area (Å²) >= 11 is 1.42. The predicted octanol–water partition coefficient (Wildman–Crippen LogP) is 3.60. The van der Waals surface area contributed by atoms with Crippen LogP contribution in [-0.4, -0.2) is 41.4 Å². The third-order valence-electron chi connectivity index (χ3n) is 5.23. The molecule has 0 aliphatic carbocycles. The van der Waals surface area contributed by atoms with E-state index in [0.717, 1.165) is 42.2 Å². The van der Waals surface area contributed by atoms with Crippen LogP contribution in [0.3, 0.4) is 0 Å². The zero-order valence-corrected chi connectivity index (χ0v) is 17.3. The molecule has 0 saturated carbocycles. The highest BCUT2D eigenvalue weighted by Gasteiger charge is 2.29. The molecule has 0 N–H and O–H groups in total. The highest BCUT2D eigenvalue weighted by molar-refractivity contribution is 7.09. The van der Waals surface area contributed by atoms with Crippen LogP contribution in [-0.2, 0) is 16.8 Å². The molecule has 2 aliphatic heterocycles. The lowest BCUT2D eigenvalue weighted by Gasteiger charge is -2.31. The predicted molar refractivity (Wildman–Crippen MR) is 109 cm³/mol. The number of aromatic nitrogens is 1. The van der Waals surface area contributed by atoms with Gasteiger partial charge in [0.25, 0.3) is 11.8 Å². The molecule has 4 rings (SSSR count). The lowest BCUT2D eigenvalue weighted by molar-refractivity contribution is -0.121. The van der Waals surface area contributed by atoms with Gasteiger partial charge < -0.3 is 9.64 Å². The van der Waals surface area contributed by atoms with E-state index in [1.165, 1.54) is 11.3 Å². The Kier molecular flexibility index (Phi) is 4.87. The number of nitrogens with zero attached hydrogens (tertiary/aromatic N) is 3. The van der Waals surface area contributed by atoms with Crippen LogP contribution in [0.25, 0.3) is 0 Å². The molecule has 7 heteroatoms. The Balaban J connectivity index is 1.58. The maximum absolute atomic E-state index is 12.6. The summed E-state index contributed by atoms with van der Waals surface area (Å²) < 4.78 is 5.61. The zero-order chi connectivity index (χ0) is 19.9. The number of anilines is 1. The van der Waals surface area contributed by atoms with Crippen molar-refractivity contribution in [1.82, 2.24) is 9.88 Å². The fraction of sp³-hybridized carbons (Fsp3) is 0.476. The Morgan fingerprint density at radius 1 is 1.25 bits per heavy atom. The van der Waals surface area contributed by atoms with Gasteiger partial charge in [-0.1, -0.05) is 26.8 Å². The van der Waals surface area contributed by atoms with Crippen molar-refractivity contribution in [1.29, 1.82) is 0 Å². The minimum atomic E-state index is -0.0961. The molecular formula is C21H25N3O3S. The molecule has 2 aromatic rings. The molecule has 3 heterocycles. The van der Waals surface area contributed by atoms with Gasteiger partial charge in [0.2, 0.25) is 0 Å². The van der Waals surface area contributed by atoms with Gasteiger partial charge in [-0.2, -0.15) is 0 Å². The molecule has 2 amide bonds. The largest absolute Gasteiger partial charge is 0.482 e. The summed E-state index contributed by atoms with van der Waals surface area (Å²) in [5, 5.41) is 2.55. The first kappa shape index (κ1) is 18.9. The number of hydrogen-bond acceptors (Lipinski definition) is 5. The number of ether oxygens (including phenoxy) is 1. The molecular weight excluding hydrogens is 374 g/mol. The molecule has 0 spiro atoms. The van der Waals surface area contributed by atoms with Crippen molar-refractivity contribution in [3.05, 3.63) is 39.8 Å². The van der Waals surface area contributed by atoms with Crippen molar-refractivity contribution in [2.75, 3.05) is 24.6 Å². The summed E-state index contributed by atoms with van der Waals surface area (Å²) in [4.78, 5) is 33.2. The van der Waals surface area contributed by atoms with E-state index >= 15 is 0 Å². The van der Waals surface area contributed by atoms with E-state index in [1.807, 2.05) is 23.1 Å². The molecule has 2 aliphatic rings. The standard InChI is InChI=1S/C21H25N3O3S/c1-21(2,3)14-6-7-17-16(10-14)24(19(25)12-27-17)11-18-22-15(13-28-18)20(26)23-8-4-5-9-23/h6-7,10,13H,4-5,8-9,11-12H2,1-3H3. The van der Waals surface area contributed by atoms with Crippen molar-refractivity contribution in [3.8, 4) is 5.75 Å². The highest BCUT2D eigenvalue weighted by atomic mass is 32.1. The average Bonchev–Trinajstić information content (AvgIpc) is 3.34. The number of carbonyl (C=O) groups excluding carboxylic acids is 2. The fourth-order valence-electron chi connectivity index (χ4n) is 3.54. The molecule has 1 aromatic heterocycles. The minimum Gasteiger partial charge on any atom is -0.482 e. The van der Waals surface area contributed by atoms with Crippen LogP contribution in [0.1, 0.15) is 54.7 Å². The van der Waals surface area contributed by atoms with Crippen molar-refractivity contribution in [2.24, 2.45) is 0 Å². The molecule has 1 fully saturated rings. The molecule has 6 nitrogen and oxygen atoms in total. The summed E-state index contributed by atoms with van der Waals surface area (Å²) in [5.74, 6) is 0.599. The zero-order valence-electron chi connectivity index (χ0n) is 16.5. The van der Waals surface area contributed by atoms with Crippen LogP contribution in [0.2, 0.25) is 0 Å². The Labute approximate surface area is 169 Å². The topological polar surface area (TPSA) is 62.7 Å². The third-order valence-corrected chi connectivity index (χ3v) is 6.06. The van der Waals surface area contributed by atoms with E-state index in [-0.39, 0.29) is 23.8 Å². The van der Waals surface area contributed by atoms with Gasteiger partial charge in [-0.25, -0.2) is 4.98 Å². The Bertz CT molecular complexity index is 910. The van der Waals surface area contributed by atoms with E-state index < -0.39 is 0 Å². The second-order valence-electron chi connectivity index (χ2n) is 8.33. The van der Waals surface area contributed by atoms with Crippen LogP contribution in [0.15, 0.2) is 23.6 Å². The molecule has 0 atom stereocenters. The molecule has 28 heavy (non-hydrogen) atoms. The van der Waals surface area contributed by atoms with Gasteiger partial charge in [-0.15, -0.1) is 11.3 Å². The number of fused-ring (bicyclic) bond motifs is 1. The normalized spacial score (nSPS) is 16.9. The number of hydrogen-bond donors (Lipinski definition) is 0. The average molecular weight is 400 g/mol. The van der Waals surface area contributed by atoms with E-state index in [1.54, 1.807) is 10.3 Å². The van der Waals surface area contributed by atoms with Gasteiger partial charge in [0, 0.05) is 18.5 Å². The van der Waals surface area contributed by atoms with Crippen molar-refractivity contribution >= 4 is 28.8 Å². The number of carbonyl (C=O) groups is 2. The smallest absolute Gasteiger partial charge is 0.273 e. The summed E-state index contributed by atoms with van der Waals surface area (Å²) in [7, 11) is 0. The quantitative estimate of drug-likeness (QED) is 0.791. The summed E-state index contributed by atoms with van der Waals surface area (Å²) in [5.41, 5.74) is 2.36. The number of likely N-dealkylation sites (tertiary alicyclic amines) is 1. The number of amides is 2. The van der Waals surface area contributed by atoms with E-state index in [9.17, 15) is 9.59 Å². The lowest BCUT2D eigenvalue weighted by Crippen LogP contribution is -2.38. The summed E-state index contributed by atoms with van der Waals surface area (Å²) in [6, 6.07) is 6.00. The molecule has 1 aromatic carbocycles. The van der Waals surface area contributed by atoms with Crippen LogP contribution < -0.4 is 9.64 Å². The van der Waals surface area contributed by atoms with Gasteiger partial charge in [0.1, 0.15) is 16.5 Å². The second kappa shape index (κ2) is 7.20. The highest BCUT2D eigenvalue weighted by Crippen LogP contribution is 2.37. The first-order chi connectivity index (χ1) is 13.3. The Morgan fingerprint density at radius 3 is 2.71 bits per heavy atom. The lowest BCUT2D eigenvalue weighted by atomic mass is 9.86. The Hall–Kier alpha value is -2.41. The maximum atomic E-state index is 12.6. The SMILES string of the molecule is CC(C)(C)c1ccc2c(c1)N(Cc1nc(C(=O)N3CCCC3)cs1)C(=O)CO2. The summed E-state index contributed by atoms with van der Waals surface area (Å²) in [6.45, 7) is 8.39. The third kappa shape index (κ3) is 3.63. The van der Waals surface area contributed by atoms with E-state index in [4.69, 9.17) is 4.74 Å². The van der Waals surface area contributed by atoms with Crippen LogP contribution in [0, 0.1) is 0 Å². The first-order valence-corrected chi connectivity index (χ1v) is 10.5. The van der Waals surface area contributed by atoms with Gasteiger partial charge in [-0.05, 0) is 36.0 Å². The first-order valence-electron chi connectivity index (χ1n) is 9.64. The van der Waals surface area contributed by atoms with Crippen molar-refractivity contribution in [3.63, 3.8) is 0 Å². The fourth-order valence-corrected chi connectivity index (χ4v) is 4.30. The van der Waals surface area contributed by atoms with Gasteiger partial charge in [-0.3, -0.25) is 14.5 Å². The number of benzene rings is 1. The second-order valence-corrected chi connectivity index (χ2v) is 9.27. The van der Waals surface area contributed by atoms with E-state index in [0.29, 0.717) is 18.0 Å². The molecule has 0 radical (unpaired) electrons. The van der Waals surface area contributed by atoms with Gasteiger partial charge >= 0.3 is 0 Å².